The first-order chi connectivity index (χ1) is 13.5. The maximum Gasteiger partial charge on any atom is 0.263 e. The molecule has 1 aliphatic carbocycles. The third kappa shape index (κ3) is 3.33. The second-order valence-corrected chi connectivity index (χ2v) is 9.16. The van der Waals surface area contributed by atoms with Gasteiger partial charge in [-0.25, -0.2) is 9.37 Å². The van der Waals surface area contributed by atoms with Crippen molar-refractivity contribution in [2.75, 3.05) is 0 Å². The monoisotopic (exact) mass is 414 g/mol. The molecule has 0 amide bonds. The van der Waals surface area contributed by atoms with Gasteiger partial charge in [-0.2, -0.15) is 0 Å². The molecular weight excluding hydrogens is 395 g/mol. The molecule has 1 aromatic carbocycles. The first kappa shape index (κ1) is 19.1. The van der Waals surface area contributed by atoms with E-state index in [2.05, 4.69) is 6.58 Å². The summed E-state index contributed by atoms with van der Waals surface area (Å²) in [5.74, 6) is -0.507. The van der Waals surface area contributed by atoms with Gasteiger partial charge in [0.25, 0.3) is 5.56 Å². The number of allylic oxidation sites excluding steroid dienone is 1. The van der Waals surface area contributed by atoms with Crippen molar-refractivity contribution >= 4 is 39.1 Å². The summed E-state index contributed by atoms with van der Waals surface area (Å²) < 4.78 is 14.7. The average Bonchev–Trinajstić information content (AvgIpc) is 3.25. The standard InChI is InChI=1S/C21H19FN2O2S2/c1-3-11-24-20(26)17-15-5-4-6-16(15)28-19(17)23-21(24)27-12(2)18(25)13-7-9-14(22)10-8-13/h3,7-10,12H,1,4-6,11H2,2H3/t12-/m0/s1. The van der Waals surface area contributed by atoms with Crippen LogP contribution in [0.4, 0.5) is 4.39 Å². The fraction of sp³-hybridized carbons (Fsp3) is 0.286. The smallest absolute Gasteiger partial charge is 0.263 e. The van der Waals surface area contributed by atoms with Crippen molar-refractivity contribution in [1.29, 1.82) is 0 Å². The van der Waals surface area contributed by atoms with Gasteiger partial charge in [0.1, 0.15) is 10.6 Å². The van der Waals surface area contributed by atoms with Gasteiger partial charge < -0.3 is 0 Å². The van der Waals surface area contributed by atoms with Crippen LogP contribution in [0.3, 0.4) is 0 Å². The number of halogens is 1. The summed E-state index contributed by atoms with van der Waals surface area (Å²) in [6.45, 7) is 5.87. The molecule has 0 aliphatic heterocycles. The first-order valence-corrected chi connectivity index (χ1v) is 10.8. The number of hydrogen-bond acceptors (Lipinski definition) is 5. The zero-order valence-electron chi connectivity index (χ0n) is 15.4. The van der Waals surface area contributed by atoms with Crippen LogP contribution in [0.2, 0.25) is 0 Å². The van der Waals surface area contributed by atoms with Crippen LogP contribution in [0.15, 0.2) is 46.9 Å². The predicted octanol–water partition coefficient (Wildman–Crippen LogP) is 4.64. The highest BCUT2D eigenvalue weighted by molar-refractivity contribution is 8.00. The number of fused-ring (bicyclic) bond motifs is 3. The molecule has 2 aromatic heterocycles. The highest BCUT2D eigenvalue weighted by atomic mass is 32.2. The lowest BCUT2D eigenvalue weighted by atomic mass is 10.1. The number of Topliss-reactive ketones (excluding diaryl/α,β-unsaturated/α-hetero) is 1. The number of aryl methyl sites for hydroxylation is 2. The van der Waals surface area contributed by atoms with E-state index in [1.807, 2.05) is 0 Å². The largest absolute Gasteiger partial charge is 0.293 e. The van der Waals surface area contributed by atoms with E-state index < -0.39 is 5.25 Å². The number of carbonyl (C=O) groups excluding carboxylic acids is 1. The van der Waals surface area contributed by atoms with Crippen molar-refractivity contribution in [3.8, 4) is 0 Å². The Labute approximate surface area is 170 Å². The summed E-state index contributed by atoms with van der Waals surface area (Å²) in [6, 6.07) is 5.50. The Morgan fingerprint density at radius 2 is 2.14 bits per heavy atom. The number of thiophene rings is 1. The highest BCUT2D eigenvalue weighted by Crippen LogP contribution is 2.36. The van der Waals surface area contributed by atoms with E-state index in [1.165, 1.54) is 40.9 Å². The van der Waals surface area contributed by atoms with Crippen LogP contribution in [-0.4, -0.2) is 20.6 Å². The number of hydrogen-bond donors (Lipinski definition) is 0. The van der Waals surface area contributed by atoms with Crippen molar-refractivity contribution < 1.29 is 9.18 Å². The van der Waals surface area contributed by atoms with Crippen molar-refractivity contribution in [3.05, 3.63) is 69.1 Å². The number of ketones is 1. The minimum atomic E-state index is -0.460. The molecule has 0 saturated heterocycles. The summed E-state index contributed by atoms with van der Waals surface area (Å²) in [5.41, 5.74) is 1.52. The van der Waals surface area contributed by atoms with Gasteiger partial charge in [0.15, 0.2) is 10.9 Å². The van der Waals surface area contributed by atoms with Gasteiger partial charge in [-0.05, 0) is 56.0 Å². The van der Waals surface area contributed by atoms with Crippen molar-refractivity contribution in [1.82, 2.24) is 9.55 Å². The quantitative estimate of drug-likeness (QED) is 0.255. The van der Waals surface area contributed by atoms with Crippen LogP contribution in [0, 0.1) is 5.82 Å². The Kier molecular flexibility index (Phi) is 5.21. The predicted molar refractivity (Wildman–Crippen MR) is 112 cm³/mol. The van der Waals surface area contributed by atoms with Crippen LogP contribution in [0.25, 0.3) is 10.2 Å². The lowest BCUT2D eigenvalue weighted by Gasteiger charge is -2.14. The molecule has 0 fully saturated rings. The van der Waals surface area contributed by atoms with Gasteiger partial charge in [-0.15, -0.1) is 17.9 Å². The van der Waals surface area contributed by atoms with E-state index in [-0.39, 0.29) is 17.2 Å². The van der Waals surface area contributed by atoms with Crippen LogP contribution < -0.4 is 5.56 Å². The number of rotatable bonds is 6. The molecular formula is C21H19FN2O2S2. The Morgan fingerprint density at radius 3 is 2.86 bits per heavy atom. The molecule has 1 atom stereocenters. The normalized spacial score (nSPS) is 14.2. The maximum absolute atomic E-state index is 13.2. The van der Waals surface area contributed by atoms with E-state index in [0.29, 0.717) is 17.3 Å². The summed E-state index contributed by atoms with van der Waals surface area (Å²) >= 11 is 2.84. The lowest BCUT2D eigenvalue weighted by Crippen LogP contribution is -2.24. The topological polar surface area (TPSA) is 52.0 Å². The van der Waals surface area contributed by atoms with Crippen LogP contribution in [-0.2, 0) is 19.4 Å². The molecule has 3 aromatic rings. The second kappa shape index (κ2) is 7.64. The van der Waals surface area contributed by atoms with Gasteiger partial charge in [0.2, 0.25) is 0 Å². The third-order valence-electron chi connectivity index (χ3n) is 4.88. The summed E-state index contributed by atoms with van der Waals surface area (Å²) in [7, 11) is 0. The Morgan fingerprint density at radius 1 is 1.39 bits per heavy atom. The van der Waals surface area contributed by atoms with E-state index in [4.69, 9.17) is 4.98 Å². The molecule has 0 bridgehead atoms. The summed E-state index contributed by atoms with van der Waals surface area (Å²) in [4.78, 5) is 32.6. The molecule has 0 spiro atoms. The Hall–Kier alpha value is -2.25. The van der Waals surface area contributed by atoms with Gasteiger partial charge in [0.05, 0.1) is 10.6 Å². The van der Waals surface area contributed by atoms with E-state index in [9.17, 15) is 14.0 Å². The Balaban J connectivity index is 1.72. The van der Waals surface area contributed by atoms with E-state index >= 15 is 0 Å². The third-order valence-corrected chi connectivity index (χ3v) is 7.16. The molecule has 2 heterocycles. The number of nitrogens with zero attached hydrogens (tertiary/aromatic N) is 2. The van der Waals surface area contributed by atoms with Gasteiger partial charge in [0, 0.05) is 17.0 Å². The fourth-order valence-electron chi connectivity index (χ4n) is 3.50. The molecule has 7 heteroatoms. The number of thioether (sulfide) groups is 1. The zero-order chi connectivity index (χ0) is 19.8. The maximum atomic E-state index is 13.2. The molecule has 4 nitrogen and oxygen atoms in total. The first-order valence-electron chi connectivity index (χ1n) is 9.12. The fourth-order valence-corrected chi connectivity index (χ4v) is 5.80. The van der Waals surface area contributed by atoms with E-state index in [0.717, 1.165) is 35.0 Å². The van der Waals surface area contributed by atoms with Crippen LogP contribution in [0.1, 0.15) is 34.1 Å². The molecule has 1 aliphatic rings. The van der Waals surface area contributed by atoms with Crippen molar-refractivity contribution in [3.63, 3.8) is 0 Å². The van der Waals surface area contributed by atoms with E-state index in [1.54, 1.807) is 28.9 Å². The van der Waals surface area contributed by atoms with Gasteiger partial charge >= 0.3 is 0 Å². The van der Waals surface area contributed by atoms with Gasteiger partial charge in [-0.1, -0.05) is 17.8 Å². The summed E-state index contributed by atoms with van der Waals surface area (Å²) in [5, 5.41) is 0.777. The highest BCUT2D eigenvalue weighted by Gasteiger charge is 2.25. The molecule has 0 saturated carbocycles. The van der Waals surface area contributed by atoms with Crippen molar-refractivity contribution in [2.45, 2.75) is 43.1 Å². The number of carbonyl (C=O) groups is 1. The molecule has 144 valence electrons. The molecule has 28 heavy (non-hydrogen) atoms. The van der Waals surface area contributed by atoms with Crippen LogP contribution in [0.5, 0.6) is 0 Å². The minimum absolute atomic E-state index is 0.0618. The zero-order valence-corrected chi connectivity index (χ0v) is 17.0. The van der Waals surface area contributed by atoms with Crippen molar-refractivity contribution in [2.24, 2.45) is 0 Å². The minimum Gasteiger partial charge on any atom is -0.293 e. The number of benzene rings is 1. The molecule has 4 rings (SSSR count). The van der Waals surface area contributed by atoms with Gasteiger partial charge in [-0.3, -0.25) is 14.2 Å². The SMILES string of the molecule is C=CCn1c(S[C@@H](C)C(=O)c2ccc(F)cc2)nc2sc3c(c2c1=O)CCC3. The summed E-state index contributed by atoms with van der Waals surface area (Å²) in [6.07, 6.45) is 4.67. The second-order valence-electron chi connectivity index (χ2n) is 6.77. The Bertz CT molecular complexity index is 1130. The molecule has 0 unspecified atom stereocenters. The lowest BCUT2D eigenvalue weighted by molar-refractivity contribution is 0.0994. The average molecular weight is 415 g/mol. The van der Waals surface area contributed by atoms with Crippen LogP contribution >= 0.6 is 23.1 Å². The number of aromatic nitrogens is 2. The molecule has 0 radical (unpaired) electrons. The molecule has 0 N–H and O–H groups in total.